The fourth-order valence-electron chi connectivity index (χ4n) is 2.76. The van der Waals surface area contributed by atoms with Crippen molar-refractivity contribution in [1.82, 2.24) is 20.2 Å². The summed E-state index contributed by atoms with van der Waals surface area (Å²) in [5.74, 6) is -0.110. The molecule has 1 N–H and O–H groups in total. The van der Waals surface area contributed by atoms with E-state index in [1.54, 1.807) is 43.7 Å². The van der Waals surface area contributed by atoms with E-state index < -0.39 is 11.6 Å². The SMILES string of the molecule is CNc1nc(-c2ccnnc2)nc2ccc(-c3ccc(F)cc3F)cc12. The number of benzene rings is 2. The third-order valence-electron chi connectivity index (χ3n) is 4.02. The normalized spacial score (nSPS) is 10.9. The smallest absolute Gasteiger partial charge is 0.163 e. The molecular weight excluding hydrogens is 336 g/mol. The van der Waals surface area contributed by atoms with Crippen molar-refractivity contribution in [2.75, 3.05) is 12.4 Å². The molecule has 0 saturated carbocycles. The summed E-state index contributed by atoms with van der Waals surface area (Å²) in [5, 5.41) is 11.4. The number of rotatable bonds is 3. The third-order valence-corrected chi connectivity index (χ3v) is 4.02. The van der Waals surface area contributed by atoms with Crippen LogP contribution in [-0.4, -0.2) is 27.2 Å². The molecule has 0 aliphatic carbocycles. The second kappa shape index (κ2) is 6.44. The van der Waals surface area contributed by atoms with E-state index in [0.717, 1.165) is 17.0 Å². The Morgan fingerprint density at radius 1 is 0.885 bits per heavy atom. The van der Waals surface area contributed by atoms with E-state index >= 15 is 0 Å². The summed E-state index contributed by atoms with van der Waals surface area (Å²) in [5.41, 5.74) is 2.38. The maximum absolute atomic E-state index is 14.1. The van der Waals surface area contributed by atoms with Gasteiger partial charge in [0, 0.05) is 29.6 Å². The molecule has 0 fully saturated rings. The molecule has 4 rings (SSSR count). The molecule has 4 aromatic rings. The molecule has 0 atom stereocenters. The van der Waals surface area contributed by atoms with Gasteiger partial charge in [0.1, 0.15) is 17.5 Å². The fraction of sp³-hybridized carbons (Fsp3) is 0.0526. The lowest BCUT2D eigenvalue weighted by molar-refractivity contribution is 0.585. The number of aromatic nitrogens is 4. The minimum atomic E-state index is -0.615. The molecule has 0 unspecified atom stereocenters. The molecule has 26 heavy (non-hydrogen) atoms. The van der Waals surface area contributed by atoms with E-state index in [1.165, 1.54) is 12.1 Å². The molecule has 0 aliphatic rings. The van der Waals surface area contributed by atoms with Crippen LogP contribution >= 0.6 is 0 Å². The van der Waals surface area contributed by atoms with E-state index in [4.69, 9.17) is 0 Å². The summed E-state index contributed by atoms with van der Waals surface area (Å²) in [6, 6.07) is 10.6. The first-order chi connectivity index (χ1) is 12.7. The largest absolute Gasteiger partial charge is 0.373 e. The van der Waals surface area contributed by atoms with Crippen molar-refractivity contribution in [3.8, 4) is 22.5 Å². The number of anilines is 1. The zero-order valence-corrected chi connectivity index (χ0v) is 13.7. The summed E-state index contributed by atoms with van der Waals surface area (Å²) in [6.45, 7) is 0. The molecule has 7 heteroatoms. The first kappa shape index (κ1) is 16.0. The summed E-state index contributed by atoms with van der Waals surface area (Å²) in [7, 11) is 1.75. The van der Waals surface area contributed by atoms with Crippen LogP contribution in [0.5, 0.6) is 0 Å². The zero-order chi connectivity index (χ0) is 18.1. The van der Waals surface area contributed by atoms with Crippen LogP contribution in [0.3, 0.4) is 0 Å². The molecule has 2 aromatic carbocycles. The Kier molecular flexibility index (Phi) is 3.96. The van der Waals surface area contributed by atoms with Gasteiger partial charge in [0.2, 0.25) is 0 Å². The molecule has 2 heterocycles. The monoisotopic (exact) mass is 349 g/mol. The predicted octanol–water partition coefficient (Wildman–Crippen LogP) is 4.07. The highest BCUT2D eigenvalue weighted by molar-refractivity contribution is 5.93. The van der Waals surface area contributed by atoms with E-state index in [0.29, 0.717) is 28.3 Å². The second-order valence-corrected chi connectivity index (χ2v) is 5.63. The Balaban J connectivity index is 1.88. The van der Waals surface area contributed by atoms with Crippen molar-refractivity contribution in [2.45, 2.75) is 0 Å². The number of fused-ring (bicyclic) bond motifs is 1. The maximum Gasteiger partial charge on any atom is 0.163 e. The molecular formula is C19H13F2N5. The second-order valence-electron chi connectivity index (χ2n) is 5.63. The first-order valence-corrected chi connectivity index (χ1v) is 7.88. The fourth-order valence-corrected chi connectivity index (χ4v) is 2.76. The average Bonchev–Trinajstić information content (AvgIpc) is 2.67. The zero-order valence-electron chi connectivity index (χ0n) is 13.7. The summed E-state index contributed by atoms with van der Waals surface area (Å²) >= 11 is 0. The van der Waals surface area contributed by atoms with Crippen molar-refractivity contribution in [3.05, 3.63) is 66.5 Å². The van der Waals surface area contributed by atoms with Crippen LogP contribution in [0.4, 0.5) is 14.6 Å². The molecule has 2 aromatic heterocycles. The molecule has 0 aliphatic heterocycles. The number of halogens is 2. The highest BCUT2D eigenvalue weighted by Crippen LogP contribution is 2.30. The van der Waals surface area contributed by atoms with Crippen molar-refractivity contribution in [2.24, 2.45) is 0 Å². The predicted molar refractivity (Wildman–Crippen MR) is 95.5 cm³/mol. The van der Waals surface area contributed by atoms with Gasteiger partial charge in [-0.25, -0.2) is 18.7 Å². The Morgan fingerprint density at radius 2 is 1.77 bits per heavy atom. The lowest BCUT2D eigenvalue weighted by atomic mass is 10.0. The molecule has 0 amide bonds. The molecule has 0 spiro atoms. The first-order valence-electron chi connectivity index (χ1n) is 7.88. The topological polar surface area (TPSA) is 63.6 Å². The lowest BCUT2D eigenvalue weighted by Gasteiger charge is -2.10. The maximum atomic E-state index is 14.1. The van der Waals surface area contributed by atoms with Crippen molar-refractivity contribution in [1.29, 1.82) is 0 Å². The number of hydrogen-bond donors (Lipinski definition) is 1. The van der Waals surface area contributed by atoms with Gasteiger partial charge in [-0.15, -0.1) is 0 Å². The van der Waals surface area contributed by atoms with Crippen molar-refractivity contribution >= 4 is 16.7 Å². The number of nitrogens with zero attached hydrogens (tertiary/aromatic N) is 4. The van der Waals surface area contributed by atoms with Crippen LogP contribution < -0.4 is 5.32 Å². The quantitative estimate of drug-likeness (QED) is 0.604. The van der Waals surface area contributed by atoms with Crippen LogP contribution in [-0.2, 0) is 0 Å². The van der Waals surface area contributed by atoms with Crippen LogP contribution in [0, 0.1) is 11.6 Å². The van der Waals surface area contributed by atoms with Gasteiger partial charge in [0.25, 0.3) is 0 Å². The van der Waals surface area contributed by atoms with Crippen molar-refractivity contribution < 1.29 is 8.78 Å². The number of hydrogen-bond acceptors (Lipinski definition) is 5. The average molecular weight is 349 g/mol. The van der Waals surface area contributed by atoms with Gasteiger partial charge >= 0.3 is 0 Å². The standard InChI is InChI=1S/C19H13F2N5/c1-22-19-15-8-11(14-4-3-13(20)9-16(14)21)2-5-17(15)25-18(26-19)12-6-7-23-24-10-12/h2-10H,1H3,(H,22,25,26). The minimum Gasteiger partial charge on any atom is -0.373 e. The van der Waals surface area contributed by atoms with Gasteiger partial charge in [0.05, 0.1) is 17.9 Å². The van der Waals surface area contributed by atoms with E-state index in [9.17, 15) is 8.78 Å². The molecule has 5 nitrogen and oxygen atoms in total. The molecule has 0 saturated heterocycles. The Hall–Kier alpha value is -3.48. The van der Waals surface area contributed by atoms with Crippen LogP contribution in [0.15, 0.2) is 54.9 Å². The van der Waals surface area contributed by atoms with Crippen LogP contribution in [0.1, 0.15) is 0 Å². The van der Waals surface area contributed by atoms with Gasteiger partial charge < -0.3 is 5.32 Å². The van der Waals surface area contributed by atoms with Crippen LogP contribution in [0.25, 0.3) is 33.4 Å². The Morgan fingerprint density at radius 3 is 2.50 bits per heavy atom. The third kappa shape index (κ3) is 2.83. The van der Waals surface area contributed by atoms with Gasteiger partial charge in [-0.2, -0.15) is 10.2 Å². The molecule has 0 bridgehead atoms. The summed E-state index contributed by atoms with van der Waals surface area (Å²) in [6.07, 6.45) is 3.16. The Bertz CT molecular complexity index is 1100. The van der Waals surface area contributed by atoms with Gasteiger partial charge in [-0.05, 0) is 35.9 Å². The Labute approximate surface area is 147 Å². The molecule has 128 valence electrons. The number of nitrogens with one attached hydrogen (secondary N) is 1. The van der Waals surface area contributed by atoms with E-state index in [-0.39, 0.29) is 0 Å². The highest BCUT2D eigenvalue weighted by Gasteiger charge is 2.12. The van der Waals surface area contributed by atoms with E-state index in [1.807, 2.05) is 0 Å². The van der Waals surface area contributed by atoms with Crippen LogP contribution in [0.2, 0.25) is 0 Å². The van der Waals surface area contributed by atoms with Gasteiger partial charge in [-0.1, -0.05) is 6.07 Å². The van der Waals surface area contributed by atoms with Crippen molar-refractivity contribution in [3.63, 3.8) is 0 Å². The highest BCUT2D eigenvalue weighted by atomic mass is 19.1. The van der Waals surface area contributed by atoms with E-state index in [2.05, 4.69) is 25.5 Å². The summed E-state index contributed by atoms with van der Waals surface area (Å²) < 4.78 is 27.3. The van der Waals surface area contributed by atoms with Gasteiger partial charge in [-0.3, -0.25) is 0 Å². The van der Waals surface area contributed by atoms with Gasteiger partial charge in [0.15, 0.2) is 5.82 Å². The summed E-state index contributed by atoms with van der Waals surface area (Å²) in [4.78, 5) is 9.07. The molecule has 0 radical (unpaired) electrons. The lowest BCUT2D eigenvalue weighted by Crippen LogP contribution is -1.99. The minimum absolute atomic E-state index is 0.317.